The second-order valence-corrected chi connectivity index (χ2v) is 2.96. The summed E-state index contributed by atoms with van der Waals surface area (Å²) in [6, 6.07) is 0. The number of likely N-dealkylation sites (N-methyl/N-ethyl adjacent to an activating group) is 1. The number of nitrogens with one attached hydrogen (secondary N) is 1. The van der Waals surface area contributed by atoms with Crippen LogP contribution in [0.2, 0.25) is 0 Å². The molecule has 1 atom stereocenters. The number of nitrogens with zero attached hydrogens (tertiary/aromatic N) is 1. The largest absolute Gasteiger partial charge is 0.303 e. The molecule has 0 aliphatic heterocycles. The molecule has 0 aromatic carbocycles. The van der Waals surface area contributed by atoms with Crippen LogP contribution in [0.5, 0.6) is 0 Å². The van der Waals surface area contributed by atoms with Crippen LogP contribution >= 0.6 is 0 Å². The second-order valence-electron chi connectivity index (χ2n) is 2.17. The zero-order valence-corrected chi connectivity index (χ0v) is 7.86. The van der Waals surface area contributed by atoms with E-state index in [4.69, 9.17) is 4.55 Å². The Labute approximate surface area is 70.4 Å². The highest BCUT2D eigenvalue weighted by Crippen LogP contribution is 1.83. The minimum absolute atomic E-state index is 0.560. The van der Waals surface area contributed by atoms with Gasteiger partial charge in [0.1, 0.15) is 0 Å². The molecule has 2 N–H and O–H groups in total. The Morgan fingerprint density at radius 2 is 2.00 bits per heavy atom. The Kier molecular flexibility index (Phi) is 6.74. The van der Waals surface area contributed by atoms with Crippen LogP contribution in [-0.2, 0) is 11.3 Å². The molecule has 0 fully saturated rings. The lowest BCUT2D eigenvalue weighted by atomic mass is 10.5. The SMILES string of the molecule is CCN(CC)CCNS(=O)O. The second kappa shape index (κ2) is 6.72. The molecular formula is C6H16N2O2S. The van der Waals surface area contributed by atoms with Gasteiger partial charge in [0.2, 0.25) is 11.3 Å². The third-order valence-corrected chi connectivity index (χ3v) is 2.00. The molecule has 0 aliphatic carbocycles. The van der Waals surface area contributed by atoms with Crippen LogP contribution in [0.25, 0.3) is 0 Å². The maximum absolute atomic E-state index is 10.1. The standard InChI is InChI=1S/C6H16N2O2S/c1-3-8(4-2)6-5-7-11(9)10/h7H,3-6H2,1-2H3,(H,9,10). The quantitative estimate of drug-likeness (QED) is 0.568. The summed E-state index contributed by atoms with van der Waals surface area (Å²) in [4.78, 5) is 2.18. The maximum Gasteiger partial charge on any atom is 0.231 e. The lowest BCUT2D eigenvalue weighted by Crippen LogP contribution is -2.32. The fourth-order valence-corrected chi connectivity index (χ4v) is 1.10. The topological polar surface area (TPSA) is 52.6 Å². The number of hydrogen-bond donors (Lipinski definition) is 2. The molecule has 0 aromatic heterocycles. The molecule has 0 heterocycles. The van der Waals surface area contributed by atoms with Gasteiger partial charge in [-0.25, -0.2) is 8.93 Å². The lowest BCUT2D eigenvalue weighted by molar-refractivity contribution is 0.308. The van der Waals surface area contributed by atoms with Crippen molar-refractivity contribution in [3.63, 3.8) is 0 Å². The average Bonchev–Trinajstić information content (AvgIpc) is 1.98. The van der Waals surface area contributed by atoms with Crippen LogP contribution in [0.4, 0.5) is 0 Å². The normalized spacial score (nSPS) is 13.8. The van der Waals surface area contributed by atoms with E-state index in [1.165, 1.54) is 0 Å². The van der Waals surface area contributed by atoms with Crippen molar-refractivity contribution in [2.45, 2.75) is 13.8 Å². The van der Waals surface area contributed by atoms with Crippen molar-refractivity contribution in [2.75, 3.05) is 26.2 Å². The van der Waals surface area contributed by atoms with E-state index in [1.807, 2.05) is 0 Å². The third-order valence-electron chi connectivity index (χ3n) is 1.55. The Bertz CT molecular complexity index is 117. The van der Waals surface area contributed by atoms with Gasteiger partial charge in [-0.3, -0.25) is 4.55 Å². The molecule has 11 heavy (non-hydrogen) atoms. The molecule has 0 amide bonds. The van der Waals surface area contributed by atoms with Gasteiger partial charge in [-0.15, -0.1) is 0 Å². The molecule has 0 saturated heterocycles. The van der Waals surface area contributed by atoms with E-state index in [1.54, 1.807) is 0 Å². The minimum Gasteiger partial charge on any atom is -0.303 e. The molecule has 0 rings (SSSR count). The van der Waals surface area contributed by atoms with Crippen LogP contribution in [0.15, 0.2) is 0 Å². The molecule has 4 nitrogen and oxygen atoms in total. The monoisotopic (exact) mass is 180 g/mol. The Hall–Kier alpha value is 0.0300. The van der Waals surface area contributed by atoms with Gasteiger partial charge in [-0.2, -0.15) is 0 Å². The molecule has 0 aliphatic rings. The highest BCUT2D eigenvalue weighted by Gasteiger charge is 1.98. The van der Waals surface area contributed by atoms with Crippen LogP contribution in [0, 0.1) is 0 Å². The summed E-state index contributed by atoms with van der Waals surface area (Å²) < 4.78 is 20.9. The van der Waals surface area contributed by atoms with Crippen molar-refractivity contribution in [3.05, 3.63) is 0 Å². The first-order chi connectivity index (χ1) is 5.20. The molecule has 5 heteroatoms. The van der Waals surface area contributed by atoms with E-state index in [-0.39, 0.29) is 0 Å². The smallest absolute Gasteiger partial charge is 0.231 e. The van der Waals surface area contributed by atoms with E-state index < -0.39 is 11.3 Å². The molecular weight excluding hydrogens is 164 g/mol. The third kappa shape index (κ3) is 6.43. The van der Waals surface area contributed by atoms with Crippen molar-refractivity contribution in [1.29, 1.82) is 0 Å². The van der Waals surface area contributed by atoms with Gasteiger partial charge < -0.3 is 4.90 Å². The summed E-state index contributed by atoms with van der Waals surface area (Å²) in [5.74, 6) is 0. The van der Waals surface area contributed by atoms with Gasteiger partial charge in [0, 0.05) is 13.1 Å². The average molecular weight is 180 g/mol. The summed E-state index contributed by atoms with van der Waals surface area (Å²) in [5.41, 5.74) is 0. The lowest BCUT2D eigenvalue weighted by Gasteiger charge is -2.16. The molecule has 0 saturated carbocycles. The van der Waals surface area contributed by atoms with E-state index in [0.717, 1.165) is 19.6 Å². The van der Waals surface area contributed by atoms with Crippen LogP contribution < -0.4 is 4.72 Å². The molecule has 0 aromatic rings. The van der Waals surface area contributed by atoms with Crippen molar-refractivity contribution < 1.29 is 8.76 Å². The zero-order valence-electron chi connectivity index (χ0n) is 7.04. The van der Waals surface area contributed by atoms with E-state index in [2.05, 4.69) is 23.5 Å². The Morgan fingerprint density at radius 3 is 2.36 bits per heavy atom. The fraction of sp³-hybridized carbons (Fsp3) is 1.00. The summed E-state index contributed by atoms with van der Waals surface area (Å²) in [6.45, 7) is 7.48. The van der Waals surface area contributed by atoms with Crippen LogP contribution in [-0.4, -0.2) is 39.8 Å². The highest BCUT2D eigenvalue weighted by atomic mass is 32.2. The first-order valence-corrected chi connectivity index (χ1v) is 4.88. The summed E-state index contributed by atoms with van der Waals surface area (Å²) in [7, 11) is 0. The van der Waals surface area contributed by atoms with Gasteiger partial charge in [0.15, 0.2) is 0 Å². The van der Waals surface area contributed by atoms with E-state index in [0.29, 0.717) is 6.54 Å². The Balaban J connectivity index is 3.28. The molecule has 0 bridgehead atoms. The molecule has 1 unspecified atom stereocenters. The van der Waals surface area contributed by atoms with Crippen LogP contribution in [0.1, 0.15) is 13.8 Å². The van der Waals surface area contributed by atoms with Crippen molar-refractivity contribution in [1.82, 2.24) is 9.62 Å². The van der Waals surface area contributed by atoms with Crippen molar-refractivity contribution in [3.8, 4) is 0 Å². The minimum atomic E-state index is -1.86. The highest BCUT2D eigenvalue weighted by molar-refractivity contribution is 7.77. The molecule has 0 radical (unpaired) electrons. The van der Waals surface area contributed by atoms with Crippen molar-refractivity contribution in [2.24, 2.45) is 0 Å². The van der Waals surface area contributed by atoms with Crippen LogP contribution in [0.3, 0.4) is 0 Å². The van der Waals surface area contributed by atoms with Gasteiger partial charge in [0.05, 0.1) is 0 Å². The van der Waals surface area contributed by atoms with E-state index in [9.17, 15) is 4.21 Å². The fourth-order valence-electron chi connectivity index (χ4n) is 0.831. The van der Waals surface area contributed by atoms with Gasteiger partial charge >= 0.3 is 0 Å². The number of rotatable bonds is 6. The summed E-state index contributed by atoms with van der Waals surface area (Å²) in [6.07, 6.45) is 0. The summed E-state index contributed by atoms with van der Waals surface area (Å²) in [5, 5.41) is 0. The predicted octanol–water partition coefficient (Wildman–Crippen LogP) is 0.0545. The first-order valence-electron chi connectivity index (χ1n) is 3.77. The summed E-state index contributed by atoms with van der Waals surface area (Å²) >= 11 is -1.86. The van der Waals surface area contributed by atoms with Gasteiger partial charge in [-0.05, 0) is 13.1 Å². The van der Waals surface area contributed by atoms with Gasteiger partial charge in [-0.1, -0.05) is 13.8 Å². The van der Waals surface area contributed by atoms with Crippen molar-refractivity contribution >= 4 is 11.3 Å². The predicted molar refractivity (Wildman–Crippen MR) is 46.6 cm³/mol. The molecule has 0 spiro atoms. The molecule has 68 valence electrons. The van der Waals surface area contributed by atoms with Gasteiger partial charge in [0.25, 0.3) is 0 Å². The maximum atomic E-state index is 10.1. The Morgan fingerprint density at radius 1 is 1.45 bits per heavy atom. The number of hydrogen-bond acceptors (Lipinski definition) is 2. The zero-order chi connectivity index (χ0) is 8.69. The van der Waals surface area contributed by atoms with E-state index >= 15 is 0 Å². The first kappa shape index (κ1) is 11.0.